The summed E-state index contributed by atoms with van der Waals surface area (Å²) in [4.78, 5) is 9.36. The van der Waals surface area contributed by atoms with Crippen LogP contribution in [-0.4, -0.2) is 25.3 Å². The van der Waals surface area contributed by atoms with Crippen LogP contribution in [0.15, 0.2) is 70.3 Å². The summed E-state index contributed by atoms with van der Waals surface area (Å²) in [6, 6.07) is 20.0. The summed E-state index contributed by atoms with van der Waals surface area (Å²) < 4.78 is 5.45. The maximum Gasteiger partial charge on any atom is 0.239 e. The summed E-state index contributed by atoms with van der Waals surface area (Å²) in [5.74, 6) is 1.34. The van der Waals surface area contributed by atoms with Crippen molar-refractivity contribution in [3.63, 3.8) is 0 Å². The van der Waals surface area contributed by atoms with E-state index in [0.717, 1.165) is 47.6 Å². The molecular formula is C23H23N5OS. The fourth-order valence-corrected chi connectivity index (χ4v) is 3.77. The molecule has 30 heavy (non-hydrogen) atoms. The van der Waals surface area contributed by atoms with Crippen LogP contribution in [0.25, 0.3) is 22.5 Å². The first-order valence-corrected chi connectivity index (χ1v) is 11.0. The molecule has 0 bridgehead atoms. The Kier molecular flexibility index (Phi) is 6.49. The Morgan fingerprint density at radius 2 is 1.53 bits per heavy atom. The second-order valence-corrected chi connectivity index (χ2v) is 8.24. The van der Waals surface area contributed by atoms with Crippen LogP contribution in [0.5, 0.6) is 0 Å². The van der Waals surface area contributed by atoms with Crippen molar-refractivity contribution in [2.45, 2.75) is 43.5 Å². The Morgan fingerprint density at radius 3 is 2.20 bits per heavy atom. The molecule has 0 aliphatic heterocycles. The van der Waals surface area contributed by atoms with Crippen LogP contribution in [-0.2, 0) is 6.42 Å². The van der Waals surface area contributed by atoms with Gasteiger partial charge in [-0.15, -0.1) is 10.2 Å². The van der Waals surface area contributed by atoms with E-state index in [-0.39, 0.29) is 5.25 Å². The topological polar surface area (TPSA) is 77.6 Å². The van der Waals surface area contributed by atoms with Gasteiger partial charge in [-0.3, -0.25) is 0 Å². The highest BCUT2D eigenvalue weighted by Crippen LogP contribution is 2.35. The molecule has 1 atom stereocenters. The molecular weight excluding hydrogens is 394 g/mol. The molecule has 0 saturated heterocycles. The van der Waals surface area contributed by atoms with Gasteiger partial charge < -0.3 is 4.52 Å². The number of rotatable bonds is 8. The van der Waals surface area contributed by atoms with E-state index in [0.29, 0.717) is 11.0 Å². The first-order chi connectivity index (χ1) is 14.7. The van der Waals surface area contributed by atoms with E-state index >= 15 is 0 Å². The van der Waals surface area contributed by atoms with Crippen molar-refractivity contribution in [1.82, 2.24) is 25.3 Å². The van der Waals surface area contributed by atoms with E-state index < -0.39 is 0 Å². The van der Waals surface area contributed by atoms with Crippen LogP contribution < -0.4 is 0 Å². The summed E-state index contributed by atoms with van der Waals surface area (Å²) in [7, 11) is 0. The number of hydrogen-bond donors (Lipinski definition) is 0. The predicted octanol–water partition coefficient (Wildman–Crippen LogP) is 5.78. The molecule has 2 aromatic heterocycles. The largest absolute Gasteiger partial charge is 0.338 e. The van der Waals surface area contributed by atoms with Gasteiger partial charge >= 0.3 is 0 Å². The molecule has 0 spiro atoms. The van der Waals surface area contributed by atoms with Crippen molar-refractivity contribution in [3.8, 4) is 22.5 Å². The van der Waals surface area contributed by atoms with E-state index in [9.17, 15) is 0 Å². The molecule has 4 rings (SSSR count). The van der Waals surface area contributed by atoms with Crippen LogP contribution in [0.2, 0.25) is 0 Å². The van der Waals surface area contributed by atoms with Crippen LogP contribution in [0.3, 0.4) is 0 Å². The first-order valence-electron chi connectivity index (χ1n) is 10.1. The molecule has 4 aromatic rings. The van der Waals surface area contributed by atoms with Gasteiger partial charge in [0.05, 0.1) is 5.25 Å². The molecule has 0 N–H and O–H groups in total. The number of hydrogen-bond acceptors (Lipinski definition) is 7. The Hall–Kier alpha value is -3.06. The van der Waals surface area contributed by atoms with E-state index in [2.05, 4.69) is 27.3 Å². The zero-order chi connectivity index (χ0) is 20.8. The van der Waals surface area contributed by atoms with Crippen molar-refractivity contribution in [1.29, 1.82) is 0 Å². The van der Waals surface area contributed by atoms with Gasteiger partial charge in [0.25, 0.3) is 0 Å². The highest BCUT2D eigenvalue weighted by atomic mass is 32.2. The van der Waals surface area contributed by atoms with Gasteiger partial charge in [-0.05, 0) is 13.3 Å². The zero-order valence-electron chi connectivity index (χ0n) is 17.0. The lowest BCUT2D eigenvalue weighted by atomic mass is 10.0. The Bertz CT molecular complexity index is 1090. The van der Waals surface area contributed by atoms with Crippen LogP contribution in [0.4, 0.5) is 0 Å². The van der Waals surface area contributed by atoms with Crippen molar-refractivity contribution in [2.75, 3.05) is 0 Å². The third-order valence-electron chi connectivity index (χ3n) is 4.63. The van der Waals surface area contributed by atoms with Crippen molar-refractivity contribution in [3.05, 3.63) is 72.4 Å². The minimum absolute atomic E-state index is 0.0686. The molecule has 1 unspecified atom stereocenters. The summed E-state index contributed by atoms with van der Waals surface area (Å²) in [5, 5.41) is 13.5. The van der Waals surface area contributed by atoms with Gasteiger partial charge in [-0.2, -0.15) is 4.98 Å². The molecule has 0 aliphatic rings. The number of thioether (sulfide) groups is 1. The predicted molar refractivity (Wildman–Crippen MR) is 118 cm³/mol. The van der Waals surface area contributed by atoms with E-state index in [1.807, 2.05) is 67.6 Å². The van der Waals surface area contributed by atoms with Crippen LogP contribution >= 0.6 is 11.8 Å². The Balaban J connectivity index is 1.62. The number of unbranched alkanes of at least 4 members (excludes halogenated alkanes) is 1. The van der Waals surface area contributed by atoms with Gasteiger partial charge in [0.2, 0.25) is 11.0 Å². The molecule has 6 nitrogen and oxygen atoms in total. The Labute approximate surface area is 180 Å². The average molecular weight is 418 g/mol. The number of aryl methyl sites for hydroxylation is 1. The summed E-state index contributed by atoms with van der Waals surface area (Å²) >= 11 is 1.47. The lowest BCUT2D eigenvalue weighted by Crippen LogP contribution is -2.00. The Morgan fingerprint density at radius 1 is 0.867 bits per heavy atom. The average Bonchev–Trinajstić information content (AvgIpc) is 3.28. The van der Waals surface area contributed by atoms with Crippen molar-refractivity contribution < 1.29 is 4.52 Å². The number of nitrogens with zero attached hydrogens (tertiary/aromatic N) is 5. The fraction of sp³-hybridized carbons (Fsp3) is 0.261. The minimum atomic E-state index is -0.0686. The van der Waals surface area contributed by atoms with E-state index in [1.165, 1.54) is 11.8 Å². The van der Waals surface area contributed by atoms with Gasteiger partial charge in [-0.1, -0.05) is 90.9 Å². The molecule has 2 aromatic carbocycles. The van der Waals surface area contributed by atoms with Gasteiger partial charge in [0.1, 0.15) is 11.4 Å². The van der Waals surface area contributed by atoms with Gasteiger partial charge in [0.15, 0.2) is 5.82 Å². The number of benzene rings is 2. The molecule has 0 saturated carbocycles. The normalized spacial score (nSPS) is 12.1. The zero-order valence-corrected chi connectivity index (χ0v) is 17.8. The molecule has 152 valence electrons. The van der Waals surface area contributed by atoms with E-state index in [4.69, 9.17) is 9.51 Å². The van der Waals surface area contributed by atoms with Gasteiger partial charge in [0, 0.05) is 17.5 Å². The van der Waals surface area contributed by atoms with Crippen LogP contribution in [0, 0.1) is 0 Å². The lowest BCUT2D eigenvalue weighted by Gasteiger charge is -2.10. The molecule has 0 amide bonds. The molecule has 0 aliphatic carbocycles. The highest BCUT2D eigenvalue weighted by molar-refractivity contribution is 7.99. The molecule has 0 fully saturated rings. The smallest absolute Gasteiger partial charge is 0.239 e. The summed E-state index contributed by atoms with van der Waals surface area (Å²) in [6.45, 7) is 4.16. The maximum atomic E-state index is 5.45. The second-order valence-electron chi connectivity index (χ2n) is 6.94. The van der Waals surface area contributed by atoms with Crippen LogP contribution in [0.1, 0.15) is 43.7 Å². The molecule has 7 heteroatoms. The minimum Gasteiger partial charge on any atom is -0.338 e. The summed E-state index contributed by atoms with van der Waals surface area (Å²) in [5.41, 5.74) is 3.55. The SMILES string of the molecule is CCCCc1noc(C(C)Sc2nnc(-c3ccccc3)c(-c3ccccc3)n2)n1. The number of aromatic nitrogens is 5. The lowest BCUT2D eigenvalue weighted by molar-refractivity contribution is 0.374. The standard InChI is InChI=1S/C23H23N5OS/c1-3-4-15-19-24-22(29-28-19)16(2)30-23-25-20(17-11-7-5-8-12-17)21(26-27-23)18-13-9-6-10-14-18/h5-14,16H,3-4,15H2,1-2H3. The summed E-state index contributed by atoms with van der Waals surface area (Å²) in [6.07, 6.45) is 2.98. The third kappa shape index (κ3) is 4.74. The monoisotopic (exact) mass is 417 g/mol. The quantitative estimate of drug-likeness (QED) is 0.336. The first kappa shape index (κ1) is 20.2. The van der Waals surface area contributed by atoms with Crippen molar-refractivity contribution in [2.24, 2.45) is 0 Å². The van der Waals surface area contributed by atoms with Gasteiger partial charge in [-0.25, -0.2) is 4.98 Å². The maximum absolute atomic E-state index is 5.45. The molecule has 2 heterocycles. The third-order valence-corrected chi connectivity index (χ3v) is 5.57. The fourth-order valence-electron chi connectivity index (χ4n) is 3.03. The highest BCUT2D eigenvalue weighted by Gasteiger charge is 2.19. The van der Waals surface area contributed by atoms with E-state index in [1.54, 1.807) is 0 Å². The van der Waals surface area contributed by atoms with Crippen molar-refractivity contribution >= 4 is 11.8 Å². The second kappa shape index (κ2) is 9.63. The molecule has 0 radical (unpaired) electrons.